The van der Waals surface area contributed by atoms with Gasteiger partial charge in [0.1, 0.15) is 39.3 Å². The predicted molar refractivity (Wildman–Crippen MR) is 337 cm³/mol. The van der Waals surface area contributed by atoms with E-state index < -0.39 is 11.4 Å². The number of methoxy groups -OCH3 is 1. The monoisotopic (exact) mass is 1250 g/mol. The fraction of sp³-hybridized carbons (Fsp3) is 0.438. The first-order valence-electron chi connectivity index (χ1n) is 28.9. The Kier molecular flexibility index (Phi) is 20.0. The number of likely N-dealkylation sites (tertiary alicyclic amines) is 1. The quantitative estimate of drug-likeness (QED) is 0.0995. The van der Waals surface area contributed by atoms with Gasteiger partial charge in [-0.15, -0.1) is 34.0 Å². The zero-order valence-corrected chi connectivity index (χ0v) is 52.9. The van der Waals surface area contributed by atoms with E-state index in [0.29, 0.717) is 92.7 Å². The number of aromatic nitrogens is 3. The average molecular weight is 1250 g/mol. The number of hydrogen-bond acceptors (Lipinski definition) is 15. The van der Waals surface area contributed by atoms with Crippen molar-refractivity contribution in [1.29, 1.82) is 0 Å². The van der Waals surface area contributed by atoms with Crippen LogP contribution in [0.25, 0.3) is 31.7 Å². The maximum Gasteiger partial charge on any atom is 0.410 e. The molecule has 4 fully saturated rings. The van der Waals surface area contributed by atoms with Gasteiger partial charge < -0.3 is 39.4 Å². The molecule has 20 heteroatoms. The molecule has 0 spiro atoms. The number of nitrogens with one attached hydrogen (secondary N) is 2. The smallest absolute Gasteiger partial charge is 0.410 e. The molecule has 2 N–H and O–H groups in total. The third-order valence-electron chi connectivity index (χ3n) is 15.8. The molecule has 3 aromatic heterocycles. The van der Waals surface area contributed by atoms with Gasteiger partial charge in [-0.3, -0.25) is 9.59 Å². The number of aldehydes is 1. The molecule has 6 atom stereocenters. The topological polar surface area (TPSA) is 157 Å². The zero-order valence-electron chi connectivity index (χ0n) is 48.2. The van der Waals surface area contributed by atoms with Crippen LogP contribution in [0.2, 0.25) is 13.0 Å². The summed E-state index contributed by atoms with van der Waals surface area (Å²) in [7, 11) is 1.57. The van der Waals surface area contributed by atoms with E-state index in [2.05, 4.69) is 15.6 Å². The fourth-order valence-corrected chi connectivity index (χ4v) is 15.4. The van der Waals surface area contributed by atoms with Crippen LogP contribution in [-0.2, 0) is 17.8 Å². The van der Waals surface area contributed by atoms with Crippen molar-refractivity contribution in [2.24, 2.45) is 11.8 Å². The Labute approximate surface area is 519 Å². The summed E-state index contributed by atoms with van der Waals surface area (Å²) in [4.78, 5) is 55.3. The summed E-state index contributed by atoms with van der Waals surface area (Å²) >= 11 is 23.3. The van der Waals surface area contributed by atoms with Crippen molar-refractivity contribution in [2.45, 2.75) is 147 Å². The van der Waals surface area contributed by atoms with Crippen molar-refractivity contribution in [3.63, 3.8) is 0 Å². The highest BCUT2D eigenvalue weighted by atomic mass is 35.5. The molecule has 2 saturated heterocycles. The van der Waals surface area contributed by atoms with E-state index in [1.807, 2.05) is 135 Å². The first kappa shape index (κ1) is 61.5. The molecule has 5 aliphatic rings. The number of nitrogens with zero attached hydrogens (tertiary/aromatic N) is 5. The molecule has 12 rings (SSSR count). The fourth-order valence-electron chi connectivity index (χ4n) is 12.1. The number of fused-ring (bicyclic) bond motifs is 3. The molecule has 2 amide bonds. The Hall–Kier alpha value is -5.63. The minimum absolute atomic E-state index is 0.119. The molecule has 7 aromatic rings. The first-order valence-corrected chi connectivity index (χ1v) is 32.5. The van der Waals surface area contributed by atoms with Crippen LogP contribution in [0.5, 0.6) is 17.2 Å². The third kappa shape index (κ3) is 15.1. The van der Waals surface area contributed by atoms with E-state index in [4.69, 9.17) is 63.7 Å². The molecular weight excluding hydrogens is 1180 g/mol. The van der Waals surface area contributed by atoms with Crippen LogP contribution in [0.1, 0.15) is 131 Å². The molecule has 0 radical (unpaired) electrons. The second-order valence-corrected chi connectivity index (χ2v) is 28.2. The SMILES string of the molecule is CC(C)(C)OC(=O)N1[C@H](CNCc2nc(-c3ccccc3)sc2Cl)C[C@@H]2CCCC[C@@H]21.COc1cc(C(=O)N(Cc2nc(-c3ccccc3)sc2Cl)C[C@@H]2C[C@@H]3CCCC[C@@H]3N2)cc2c1OC(C)(C)O2.O=Cc1nc(-c2ccccc2)sc1Cl. The number of hydrogen-bond donors (Lipinski definition) is 2. The predicted octanol–water partition coefficient (Wildman–Crippen LogP) is 15.9. The number of halogens is 3. The van der Waals surface area contributed by atoms with Gasteiger partial charge in [0, 0.05) is 79.9 Å². The van der Waals surface area contributed by atoms with Gasteiger partial charge in [-0.05, 0) is 83.3 Å². The highest BCUT2D eigenvalue weighted by Crippen LogP contribution is 2.47. The van der Waals surface area contributed by atoms with Gasteiger partial charge in [-0.1, -0.05) is 151 Å². The summed E-state index contributed by atoms with van der Waals surface area (Å²) in [6.07, 6.45) is 12.4. The van der Waals surface area contributed by atoms with Crippen LogP contribution >= 0.6 is 68.8 Å². The summed E-state index contributed by atoms with van der Waals surface area (Å²) in [5.41, 5.74) is 4.96. The molecule has 2 saturated carbocycles. The maximum atomic E-state index is 14.1. The van der Waals surface area contributed by atoms with Crippen LogP contribution in [0.4, 0.5) is 4.79 Å². The zero-order chi connectivity index (χ0) is 59.1. The lowest BCUT2D eigenvalue weighted by atomic mass is 9.85. The highest BCUT2D eigenvalue weighted by molar-refractivity contribution is 7.20. The standard InChI is InChI=1S/C30H34ClN3O4S.C24H32ClN3O2S.C10H6ClNOS/c1-30(2)37-25-15-20(14-24(36-3)26(25)38-30)29(35)34(16-21-13-19-11-7-8-12-22(19)32-21)17-23-27(31)39-28(33-23)18-9-5-4-6-10-18;1-24(2,3)30-23(29)28-18(13-17-11-7-8-12-20(17)28)14-26-15-19-21(25)31-22(27-19)16-9-5-4-6-10-16;11-9-8(6-13)12-10(14-9)7-4-2-1-3-5-7/h4-6,9-10,14-15,19,21-22,32H,7-8,11-13,16-17H2,1-3H3;4-6,9-10,17-18,20,26H,7-8,11-15H2,1-3H3;1-6H/t19-,21-,22-;17-,18-,20-;/m00./s1. The number of carbonyl (C=O) groups is 3. The van der Waals surface area contributed by atoms with Crippen LogP contribution in [0.15, 0.2) is 103 Å². The average Bonchev–Trinajstić information content (AvgIpc) is 3.56. The lowest BCUT2D eigenvalue weighted by molar-refractivity contribution is -0.0439. The molecule has 444 valence electrons. The Balaban J connectivity index is 0.000000155. The Morgan fingerprint density at radius 3 is 1.93 bits per heavy atom. The van der Waals surface area contributed by atoms with Crippen LogP contribution < -0.4 is 24.8 Å². The van der Waals surface area contributed by atoms with Crippen LogP contribution in [0, 0.1) is 11.8 Å². The van der Waals surface area contributed by atoms with Crippen molar-refractivity contribution in [1.82, 2.24) is 35.4 Å². The molecule has 0 unspecified atom stereocenters. The number of carbonyl (C=O) groups excluding carboxylic acids is 3. The molecule has 84 heavy (non-hydrogen) atoms. The summed E-state index contributed by atoms with van der Waals surface area (Å²) in [5, 5.41) is 9.90. The molecule has 4 aromatic carbocycles. The molecule has 14 nitrogen and oxygen atoms in total. The maximum absolute atomic E-state index is 14.1. The highest BCUT2D eigenvalue weighted by Gasteiger charge is 2.46. The summed E-state index contributed by atoms with van der Waals surface area (Å²) in [6, 6.07) is 34.4. The summed E-state index contributed by atoms with van der Waals surface area (Å²) in [6.45, 7) is 11.7. The lowest BCUT2D eigenvalue weighted by Gasteiger charge is -2.35. The number of rotatable bonds is 14. The molecule has 3 aliphatic heterocycles. The third-order valence-corrected chi connectivity index (χ3v) is 19.9. The van der Waals surface area contributed by atoms with Crippen molar-refractivity contribution < 1.29 is 33.3 Å². The number of thiazole rings is 3. The number of ether oxygens (including phenoxy) is 4. The van der Waals surface area contributed by atoms with E-state index in [9.17, 15) is 14.4 Å². The van der Waals surface area contributed by atoms with Crippen LogP contribution in [-0.4, -0.2) is 98.8 Å². The van der Waals surface area contributed by atoms with Gasteiger partial charge in [0.15, 0.2) is 17.8 Å². The van der Waals surface area contributed by atoms with E-state index in [1.54, 1.807) is 19.2 Å². The summed E-state index contributed by atoms with van der Waals surface area (Å²) < 4.78 is 25.0. The Bertz CT molecular complexity index is 3360. The Morgan fingerprint density at radius 1 is 0.762 bits per heavy atom. The molecule has 0 bridgehead atoms. The van der Waals surface area contributed by atoms with E-state index >= 15 is 0 Å². The van der Waals surface area contributed by atoms with E-state index in [0.717, 1.165) is 67.6 Å². The lowest BCUT2D eigenvalue weighted by Crippen LogP contribution is -2.48. The van der Waals surface area contributed by atoms with E-state index in [1.165, 1.54) is 79.0 Å². The minimum atomic E-state index is -0.830. The normalized spacial score (nSPS) is 21.0. The second-order valence-electron chi connectivity index (χ2n) is 23.4. The molecule has 6 heterocycles. The minimum Gasteiger partial charge on any atom is -0.493 e. The molecule has 2 aliphatic carbocycles. The van der Waals surface area contributed by atoms with Gasteiger partial charge in [-0.2, -0.15) is 0 Å². The molecular formula is C64H72Cl3N7O7S3. The van der Waals surface area contributed by atoms with Crippen molar-refractivity contribution in [2.75, 3.05) is 20.2 Å². The Morgan fingerprint density at radius 2 is 1.33 bits per heavy atom. The van der Waals surface area contributed by atoms with Gasteiger partial charge in [0.05, 0.1) is 25.0 Å². The van der Waals surface area contributed by atoms with Crippen molar-refractivity contribution >= 4 is 87.1 Å². The number of amides is 2. The van der Waals surface area contributed by atoms with Gasteiger partial charge in [0.2, 0.25) is 11.5 Å². The number of benzene rings is 4. The van der Waals surface area contributed by atoms with Crippen molar-refractivity contribution in [3.8, 4) is 49.0 Å². The van der Waals surface area contributed by atoms with E-state index in [-0.39, 0.29) is 24.1 Å². The summed E-state index contributed by atoms with van der Waals surface area (Å²) in [5.74, 6) is 1.81. The van der Waals surface area contributed by atoms with Gasteiger partial charge in [0.25, 0.3) is 5.91 Å². The van der Waals surface area contributed by atoms with Gasteiger partial charge >= 0.3 is 6.09 Å². The largest absolute Gasteiger partial charge is 0.493 e. The van der Waals surface area contributed by atoms with Crippen molar-refractivity contribution in [3.05, 3.63) is 139 Å². The van der Waals surface area contributed by atoms with Crippen LogP contribution in [0.3, 0.4) is 0 Å². The van der Waals surface area contributed by atoms with Gasteiger partial charge in [-0.25, -0.2) is 19.7 Å². The second kappa shape index (κ2) is 27.4. The first-order chi connectivity index (χ1) is 40.4.